The summed E-state index contributed by atoms with van der Waals surface area (Å²) >= 11 is 8.51. The van der Waals surface area contributed by atoms with Crippen molar-refractivity contribution in [1.29, 1.82) is 0 Å². The van der Waals surface area contributed by atoms with Gasteiger partial charge in [0, 0.05) is 7.05 Å². The van der Waals surface area contributed by atoms with Gasteiger partial charge in [-0.05, 0) is 69.6 Å². The molecule has 1 aliphatic rings. The number of carbonyl (C=O) groups is 1. The van der Waals surface area contributed by atoms with Gasteiger partial charge in [-0.3, -0.25) is 9.69 Å². The quantitative estimate of drug-likeness (QED) is 0.602. The molecule has 0 saturated carbocycles. The van der Waals surface area contributed by atoms with E-state index in [0.717, 1.165) is 15.6 Å². The van der Waals surface area contributed by atoms with Crippen molar-refractivity contribution in [1.82, 2.24) is 10.2 Å². The summed E-state index contributed by atoms with van der Waals surface area (Å²) in [6, 6.07) is 11.7. The van der Waals surface area contributed by atoms with Gasteiger partial charge in [0.25, 0.3) is 5.91 Å². The molecule has 1 amide bonds. The molecule has 4 nitrogen and oxygen atoms in total. The van der Waals surface area contributed by atoms with Gasteiger partial charge in [-0.15, -0.1) is 0 Å². The number of halogens is 2. The standard InChI is InChI=1S/C18H14BrFN2O2S/c1-22-17(23)15(21-18(22)25)9-12-4-7-16(14(19)8-12)24-10-11-2-5-13(20)6-3-11/h2-9H,10H2,1H3,(H,21,25). The Morgan fingerprint density at radius 3 is 2.60 bits per heavy atom. The minimum Gasteiger partial charge on any atom is -0.488 e. The maximum absolute atomic E-state index is 12.9. The number of likely N-dealkylation sites (N-methyl/N-ethyl adjacent to an activating group) is 1. The zero-order valence-electron chi connectivity index (χ0n) is 13.3. The van der Waals surface area contributed by atoms with Crippen molar-refractivity contribution < 1.29 is 13.9 Å². The van der Waals surface area contributed by atoms with E-state index < -0.39 is 0 Å². The van der Waals surface area contributed by atoms with E-state index in [1.54, 1.807) is 25.3 Å². The first kappa shape index (κ1) is 17.6. The molecule has 0 radical (unpaired) electrons. The molecular weight excluding hydrogens is 407 g/mol. The van der Waals surface area contributed by atoms with E-state index in [4.69, 9.17) is 17.0 Å². The summed E-state index contributed by atoms with van der Waals surface area (Å²) in [5.74, 6) is 0.213. The summed E-state index contributed by atoms with van der Waals surface area (Å²) in [5.41, 5.74) is 2.13. The van der Waals surface area contributed by atoms with Crippen LogP contribution in [0.1, 0.15) is 11.1 Å². The highest BCUT2D eigenvalue weighted by Crippen LogP contribution is 2.28. The summed E-state index contributed by atoms with van der Waals surface area (Å²) in [6.07, 6.45) is 1.73. The fourth-order valence-electron chi connectivity index (χ4n) is 2.26. The highest BCUT2D eigenvalue weighted by atomic mass is 79.9. The molecule has 1 aliphatic heterocycles. The lowest BCUT2D eigenvalue weighted by Gasteiger charge is -2.09. The lowest BCUT2D eigenvalue weighted by Crippen LogP contribution is -2.25. The van der Waals surface area contributed by atoms with Gasteiger partial charge in [0.1, 0.15) is 23.9 Å². The number of hydrogen-bond acceptors (Lipinski definition) is 3. The second kappa shape index (κ2) is 7.33. The molecule has 7 heteroatoms. The van der Waals surface area contributed by atoms with Gasteiger partial charge in [-0.25, -0.2) is 4.39 Å². The summed E-state index contributed by atoms with van der Waals surface area (Å²) < 4.78 is 19.4. The van der Waals surface area contributed by atoms with Crippen molar-refractivity contribution >= 4 is 45.2 Å². The third-order valence-corrected chi connectivity index (χ3v) is 4.65. The van der Waals surface area contributed by atoms with Crippen LogP contribution in [-0.2, 0) is 11.4 Å². The van der Waals surface area contributed by atoms with Crippen molar-refractivity contribution in [3.8, 4) is 5.75 Å². The number of thiocarbonyl (C=S) groups is 1. The molecule has 0 spiro atoms. The SMILES string of the molecule is CN1C(=O)C(=Cc2ccc(OCc3ccc(F)cc3)c(Br)c2)NC1=S. The number of ether oxygens (including phenoxy) is 1. The summed E-state index contributed by atoms with van der Waals surface area (Å²) in [4.78, 5) is 13.4. The zero-order valence-corrected chi connectivity index (χ0v) is 15.7. The molecule has 0 bridgehead atoms. The van der Waals surface area contributed by atoms with E-state index >= 15 is 0 Å². The van der Waals surface area contributed by atoms with Crippen molar-refractivity contribution in [2.45, 2.75) is 6.61 Å². The van der Waals surface area contributed by atoms with Crippen LogP contribution in [0.4, 0.5) is 4.39 Å². The monoisotopic (exact) mass is 420 g/mol. The number of nitrogens with zero attached hydrogens (tertiary/aromatic N) is 1. The third kappa shape index (κ3) is 4.05. The van der Waals surface area contributed by atoms with Gasteiger partial charge >= 0.3 is 0 Å². The second-order valence-corrected chi connectivity index (χ2v) is 6.70. The Morgan fingerprint density at radius 1 is 1.28 bits per heavy atom. The summed E-state index contributed by atoms with van der Waals surface area (Å²) in [5, 5.41) is 3.26. The number of amides is 1. The zero-order chi connectivity index (χ0) is 18.0. The average molecular weight is 421 g/mol. The molecule has 128 valence electrons. The fourth-order valence-corrected chi connectivity index (χ4v) is 2.96. The van der Waals surface area contributed by atoms with Gasteiger partial charge < -0.3 is 10.1 Å². The molecule has 0 aliphatic carbocycles. The van der Waals surface area contributed by atoms with Gasteiger partial charge in [0.05, 0.1) is 4.47 Å². The Labute approximate surface area is 158 Å². The van der Waals surface area contributed by atoms with Crippen LogP contribution < -0.4 is 10.1 Å². The Kier molecular flexibility index (Phi) is 5.15. The third-order valence-electron chi connectivity index (χ3n) is 3.66. The van der Waals surface area contributed by atoms with Crippen LogP contribution in [0.15, 0.2) is 52.6 Å². The molecule has 0 aromatic heterocycles. The van der Waals surface area contributed by atoms with E-state index in [-0.39, 0.29) is 11.7 Å². The predicted octanol–water partition coefficient (Wildman–Crippen LogP) is 3.85. The van der Waals surface area contributed by atoms with Crippen molar-refractivity contribution in [2.24, 2.45) is 0 Å². The molecule has 2 aromatic carbocycles. The van der Waals surface area contributed by atoms with Gasteiger partial charge in [-0.1, -0.05) is 18.2 Å². The Morgan fingerprint density at radius 2 is 2.00 bits per heavy atom. The molecule has 3 rings (SSSR count). The van der Waals surface area contributed by atoms with Crippen LogP contribution >= 0.6 is 28.1 Å². The smallest absolute Gasteiger partial charge is 0.276 e. The summed E-state index contributed by atoms with van der Waals surface area (Å²) in [7, 11) is 1.63. The molecule has 1 saturated heterocycles. The van der Waals surface area contributed by atoms with E-state index in [9.17, 15) is 9.18 Å². The highest BCUT2D eigenvalue weighted by Gasteiger charge is 2.26. The van der Waals surface area contributed by atoms with E-state index in [2.05, 4.69) is 21.2 Å². The second-order valence-electron chi connectivity index (χ2n) is 5.46. The summed E-state index contributed by atoms with van der Waals surface area (Å²) in [6.45, 7) is 0.332. The van der Waals surface area contributed by atoms with Crippen LogP contribution in [0.25, 0.3) is 6.08 Å². The molecular formula is C18H14BrFN2O2S. The number of hydrogen-bond donors (Lipinski definition) is 1. The molecule has 1 heterocycles. The van der Waals surface area contributed by atoms with E-state index in [1.165, 1.54) is 17.0 Å². The molecule has 1 N–H and O–H groups in total. The maximum Gasteiger partial charge on any atom is 0.276 e. The lowest BCUT2D eigenvalue weighted by molar-refractivity contribution is -0.121. The molecule has 2 aromatic rings. The minimum atomic E-state index is -0.275. The Bertz CT molecular complexity index is 868. The van der Waals surface area contributed by atoms with Crippen LogP contribution in [0, 0.1) is 5.82 Å². The number of nitrogens with one attached hydrogen (secondary N) is 1. The Balaban J connectivity index is 1.72. The predicted molar refractivity (Wildman–Crippen MR) is 101 cm³/mol. The van der Waals surface area contributed by atoms with Crippen LogP contribution in [0.3, 0.4) is 0 Å². The number of carbonyl (C=O) groups excluding carboxylic acids is 1. The van der Waals surface area contributed by atoms with Gasteiger partial charge in [-0.2, -0.15) is 0 Å². The highest BCUT2D eigenvalue weighted by molar-refractivity contribution is 9.10. The first-order chi connectivity index (χ1) is 11.9. The number of benzene rings is 2. The lowest BCUT2D eigenvalue weighted by atomic mass is 10.2. The van der Waals surface area contributed by atoms with Gasteiger partial charge in [0.15, 0.2) is 5.11 Å². The van der Waals surface area contributed by atoms with Crippen molar-refractivity contribution in [3.05, 3.63) is 69.6 Å². The van der Waals surface area contributed by atoms with E-state index in [1.807, 2.05) is 18.2 Å². The topological polar surface area (TPSA) is 41.6 Å². The first-order valence-corrected chi connectivity index (χ1v) is 8.61. The van der Waals surface area contributed by atoms with E-state index in [0.29, 0.717) is 23.2 Å². The minimum absolute atomic E-state index is 0.169. The molecule has 0 atom stereocenters. The van der Waals surface area contributed by atoms with Crippen molar-refractivity contribution in [2.75, 3.05) is 7.05 Å². The first-order valence-electron chi connectivity index (χ1n) is 7.41. The van der Waals surface area contributed by atoms with Crippen LogP contribution in [-0.4, -0.2) is 23.0 Å². The molecule has 0 unspecified atom stereocenters. The van der Waals surface area contributed by atoms with Crippen molar-refractivity contribution in [3.63, 3.8) is 0 Å². The Hall–Kier alpha value is -2.25. The molecule has 25 heavy (non-hydrogen) atoms. The van der Waals surface area contributed by atoms with Gasteiger partial charge in [0.2, 0.25) is 0 Å². The van der Waals surface area contributed by atoms with Crippen LogP contribution in [0.5, 0.6) is 5.75 Å². The average Bonchev–Trinajstić information content (AvgIpc) is 2.83. The maximum atomic E-state index is 12.9. The largest absolute Gasteiger partial charge is 0.488 e. The number of rotatable bonds is 4. The fraction of sp³-hybridized carbons (Fsp3) is 0.111. The molecule has 1 fully saturated rings. The normalized spacial score (nSPS) is 15.6. The van der Waals surface area contributed by atoms with Crippen LogP contribution in [0.2, 0.25) is 0 Å².